The molecule has 0 aliphatic carbocycles. The highest BCUT2D eigenvalue weighted by Crippen LogP contribution is 2.40. The summed E-state index contributed by atoms with van der Waals surface area (Å²) < 4.78 is 45.2. The van der Waals surface area contributed by atoms with Gasteiger partial charge in [0.25, 0.3) is 5.91 Å². The number of alkyl halides is 3. The van der Waals surface area contributed by atoms with Crippen molar-refractivity contribution in [2.24, 2.45) is 0 Å². The number of nitrogens with zero attached hydrogens (tertiary/aromatic N) is 3. The molecule has 1 aromatic carbocycles. The van der Waals surface area contributed by atoms with Crippen LogP contribution in [0.5, 0.6) is 11.6 Å². The highest BCUT2D eigenvalue weighted by atomic mass is 35.5. The molecule has 0 unspecified atom stereocenters. The number of ether oxygens (including phenoxy) is 1. The third-order valence-corrected chi connectivity index (χ3v) is 4.98. The van der Waals surface area contributed by atoms with Gasteiger partial charge in [0.05, 0.1) is 16.3 Å². The molecule has 0 radical (unpaired) electrons. The van der Waals surface area contributed by atoms with Gasteiger partial charge in [-0.25, -0.2) is 9.78 Å². The minimum absolute atomic E-state index is 0.0655. The second-order valence-corrected chi connectivity index (χ2v) is 7.96. The monoisotopic (exact) mass is 491 g/mol. The molecule has 2 aromatic heterocycles. The maximum atomic E-state index is 13.3. The molecule has 2 heterocycles. The first-order valence-electron chi connectivity index (χ1n) is 9.93. The van der Waals surface area contributed by atoms with Crippen molar-refractivity contribution in [3.8, 4) is 11.6 Å². The Balaban J connectivity index is 2.10. The van der Waals surface area contributed by atoms with E-state index in [-0.39, 0.29) is 22.2 Å². The lowest BCUT2D eigenvalue weighted by molar-refractivity contribution is -0.138. The van der Waals surface area contributed by atoms with E-state index in [4.69, 9.17) is 16.3 Å². The van der Waals surface area contributed by atoms with Crippen LogP contribution in [0, 0.1) is 0 Å². The van der Waals surface area contributed by atoms with Gasteiger partial charge in [-0.1, -0.05) is 23.1 Å². The van der Waals surface area contributed by atoms with Gasteiger partial charge in [0.1, 0.15) is 24.9 Å². The molecule has 12 heteroatoms. The van der Waals surface area contributed by atoms with Crippen molar-refractivity contribution in [3.63, 3.8) is 0 Å². The highest BCUT2D eigenvalue weighted by Gasteiger charge is 2.36. The van der Waals surface area contributed by atoms with Crippen LogP contribution in [0.3, 0.4) is 0 Å². The molecule has 0 fully saturated rings. The molecule has 1 amide bonds. The molecular weight excluding hydrogens is 474 g/mol. The van der Waals surface area contributed by atoms with Gasteiger partial charge in [-0.2, -0.15) is 13.2 Å². The summed E-state index contributed by atoms with van der Waals surface area (Å²) in [6.07, 6.45) is -2.16. The molecule has 34 heavy (non-hydrogen) atoms. The second kappa shape index (κ2) is 9.72. The van der Waals surface area contributed by atoms with E-state index < -0.39 is 41.1 Å². The molecule has 0 aliphatic heterocycles. The number of carboxylic acid groups (broad SMARTS) is 1. The average Bonchev–Trinajstić information content (AvgIpc) is 2.75. The summed E-state index contributed by atoms with van der Waals surface area (Å²) in [6.45, 7) is 3.33. The van der Waals surface area contributed by atoms with Gasteiger partial charge in [-0.3, -0.25) is 9.78 Å². The first-order valence-corrected chi connectivity index (χ1v) is 10.3. The van der Waals surface area contributed by atoms with Crippen molar-refractivity contribution in [2.45, 2.75) is 26.1 Å². The van der Waals surface area contributed by atoms with Crippen molar-refractivity contribution in [3.05, 3.63) is 70.6 Å². The van der Waals surface area contributed by atoms with Crippen LogP contribution >= 0.6 is 11.6 Å². The molecule has 3 aromatic rings. The van der Waals surface area contributed by atoms with Crippen LogP contribution in [-0.4, -0.2) is 40.8 Å². The number of benzene rings is 1. The summed E-state index contributed by atoms with van der Waals surface area (Å²) in [5, 5.41) is 9.59. The number of amides is 1. The van der Waals surface area contributed by atoms with E-state index in [1.54, 1.807) is 27.8 Å². The SMILES string of the molecule is Bc1ccc(C(=O)N(c2cc(Cl)c(Oc3ncccc3C(F)(F)F)cc2C(=O)O)C(C)C)nc1. The highest BCUT2D eigenvalue weighted by molar-refractivity contribution is 6.33. The van der Waals surface area contributed by atoms with Gasteiger partial charge in [-0.15, -0.1) is 0 Å². The number of carbonyl (C=O) groups is 2. The Morgan fingerprint density at radius 1 is 1.18 bits per heavy atom. The first-order chi connectivity index (χ1) is 15.9. The number of aromatic carboxylic acids is 1. The van der Waals surface area contributed by atoms with Gasteiger partial charge < -0.3 is 14.7 Å². The van der Waals surface area contributed by atoms with E-state index in [1.165, 1.54) is 17.2 Å². The minimum atomic E-state index is -4.76. The van der Waals surface area contributed by atoms with E-state index in [0.717, 1.165) is 35.9 Å². The van der Waals surface area contributed by atoms with Crippen LogP contribution in [0.1, 0.15) is 40.3 Å². The molecule has 3 rings (SSSR count). The number of carboxylic acids is 1. The molecule has 0 saturated heterocycles. The fourth-order valence-corrected chi connectivity index (χ4v) is 3.32. The largest absolute Gasteiger partial charge is 0.478 e. The topological polar surface area (TPSA) is 92.6 Å². The lowest BCUT2D eigenvalue weighted by atomic mass is 9.98. The molecule has 1 N–H and O–H groups in total. The van der Waals surface area contributed by atoms with Crippen LogP contribution < -0.4 is 15.1 Å². The van der Waals surface area contributed by atoms with E-state index in [0.29, 0.717) is 0 Å². The maximum absolute atomic E-state index is 13.3. The van der Waals surface area contributed by atoms with Crippen LogP contribution in [-0.2, 0) is 6.18 Å². The lowest BCUT2D eigenvalue weighted by Crippen LogP contribution is -2.38. The molecule has 176 valence electrons. The van der Waals surface area contributed by atoms with Crippen LogP contribution in [0.15, 0.2) is 48.8 Å². The van der Waals surface area contributed by atoms with Crippen molar-refractivity contribution in [2.75, 3.05) is 4.90 Å². The number of halogens is 4. The standard InChI is InChI=1S/C22H18BClF3N3O4/c1-11(2)30(20(31)16-6-5-12(23)10-29-16)17-9-15(24)18(8-13(17)21(32)33)34-19-14(22(25,26)27)4-3-7-28-19/h3-11H,23H2,1-2H3,(H,32,33). The maximum Gasteiger partial charge on any atom is 0.421 e. The molecule has 0 spiro atoms. The summed E-state index contributed by atoms with van der Waals surface area (Å²) in [6, 6.07) is 6.66. The summed E-state index contributed by atoms with van der Waals surface area (Å²) in [4.78, 5) is 34.1. The Morgan fingerprint density at radius 2 is 1.88 bits per heavy atom. The van der Waals surface area contributed by atoms with E-state index in [2.05, 4.69) is 9.97 Å². The van der Waals surface area contributed by atoms with Gasteiger partial charge >= 0.3 is 12.1 Å². The predicted molar refractivity (Wildman–Crippen MR) is 122 cm³/mol. The quantitative estimate of drug-likeness (QED) is 0.525. The van der Waals surface area contributed by atoms with Crippen molar-refractivity contribution in [1.29, 1.82) is 0 Å². The van der Waals surface area contributed by atoms with Gasteiger partial charge in [-0.05, 0) is 44.2 Å². The zero-order chi connectivity index (χ0) is 25.2. The number of rotatable bonds is 6. The number of pyridine rings is 2. The first kappa shape index (κ1) is 25.0. The number of carbonyl (C=O) groups excluding carboxylic acids is 1. The molecule has 0 atom stereocenters. The van der Waals surface area contributed by atoms with E-state index in [1.807, 2.05) is 0 Å². The van der Waals surface area contributed by atoms with Crippen LogP contribution in [0.2, 0.25) is 5.02 Å². The fraction of sp³-hybridized carbons (Fsp3) is 0.182. The Labute approximate surface area is 198 Å². The Morgan fingerprint density at radius 3 is 2.44 bits per heavy atom. The smallest absolute Gasteiger partial charge is 0.421 e. The molecule has 0 saturated carbocycles. The zero-order valence-corrected chi connectivity index (χ0v) is 19.0. The van der Waals surface area contributed by atoms with Crippen molar-refractivity contribution < 1.29 is 32.6 Å². The number of hydrogen-bond acceptors (Lipinski definition) is 5. The van der Waals surface area contributed by atoms with Crippen LogP contribution in [0.25, 0.3) is 0 Å². The molecule has 0 aliphatic rings. The zero-order valence-electron chi connectivity index (χ0n) is 18.2. The Bertz CT molecular complexity index is 1240. The van der Waals surface area contributed by atoms with Gasteiger partial charge in [0.2, 0.25) is 5.88 Å². The fourth-order valence-electron chi connectivity index (χ4n) is 3.12. The third-order valence-electron chi connectivity index (χ3n) is 4.69. The summed E-state index contributed by atoms with van der Waals surface area (Å²) in [5.74, 6) is -3.17. The summed E-state index contributed by atoms with van der Waals surface area (Å²) >= 11 is 6.26. The predicted octanol–water partition coefficient (Wildman–Crippen LogP) is 3.95. The third kappa shape index (κ3) is 5.31. The summed E-state index contributed by atoms with van der Waals surface area (Å²) in [5.41, 5.74) is -0.717. The number of anilines is 1. The second-order valence-electron chi connectivity index (χ2n) is 7.55. The van der Waals surface area contributed by atoms with Gasteiger partial charge in [0.15, 0.2) is 0 Å². The number of aromatic nitrogens is 2. The average molecular weight is 492 g/mol. The number of hydrogen-bond donors (Lipinski definition) is 1. The Hall–Kier alpha value is -3.60. The minimum Gasteiger partial charge on any atom is -0.478 e. The normalized spacial score (nSPS) is 11.4. The molecular formula is C22H18BClF3N3O4. The Kier molecular flexibility index (Phi) is 7.16. The van der Waals surface area contributed by atoms with Crippen molar-refractivity contribution >= 4 is 42.5 Å². The van der Waals surface area contributed by atoms with Crippen LogP contribution in [0.4, 0.5) is 18.9 Å². The molecule has 0 bridgehead atoms. The van der Waals surface area contributed by atoms with Crippen molar-refractivity contribution in [1.82, 2.24) is 9.97 Å². The molecule has 7 nitrogen and oxygen atoms in total. The van der Waals surface area contributed by atoms with E-state index >= 15 is 0 Å². The summed E-state index contributed by atoms with van der Waals surface area (Å²) in [7, 11) is 1.80. The lowest BCUT2D eigenvalue weighted by Gasteiger charge is -2.28. The van der Waals surface area contributed by atoms with E-state index in [9.17, 15) is 27.9 Å². The van der Waals surface area contributed by atoms with Gasteiger partial charge in [0, 0.05) is 18.4 Å².